The van der Waals surface area contributed by atoms with Gasteiger partial charge < -0.3 is 30.3 Å². The van der Waals surface area contributed by atoms with Crippen molar-refractivity contribution >= 4 is 45.6 Å². The summed E-state index contributed by atoms with van der Waals surface area (Å²) >= 11 is 0. The van der Waals surface area contributed by atoms with Gasteiger partial charge in [0.2, 0.25) is 0 Å². The molecule has 0 spiro atoms. The van der Waals surface area contributed by atoms with Crippen LogP contribution in [0.25, 0.3) is 21.9 Å². The quantitative estimate of drug-likeness (QED) is 0.268. The van der Waals surface area contributed by atoms with Crippen molar-refractivity contribution in [2.24, 2.45) is 0 Å². The molecule has 6 rings (SSSR count). The highest BCUT2D eigenvalue weighted by molar-refractivity contribution is 6.10. The molecule has 0 atom stereocenters. The number of hydrogen-bond acceptors (Lipinski definition) is 6. The first-order chi connectivity index (χ1) is 20.2. The number of nitrogens with one attached hydrogen (secondary N) is 3. The van der Waals surface area contributed by atoms with E-state index >= 15 is 0 Å². The molecule has 9 heteroatoms. The van der Waals surface area contributed by atoms with E-state index in [2.05, 4.69) is 59.8 Å². The molecule has 0 radical (unpaired) electrons. The molecule has 0 bridgehead atoms. The first-order valence-electron chi connectivity index (χ1n) is 14.2. The number of nitrogens with zero attached hydrogens (tertiary/aromatic N) is 2. The second-order valence-electron chi connectivity index (χ2n) is 11.7. The Hall–Kier alpha value is -4.63. The molecule has 2 aliphatic heterocycles. The summed E-state index contributed by atoms with van der Waals surface area (Å²) in [6, 6.07) is 19.5. The fourth-order valence-electron chi connectivity index (χ4n) is 5.57. The Labute approximate surface area is 245 Å². The minimum Gasteiger partial charge on any atom is -0.482 e. The van der Waals surface area contributed by atoms with Crippen LogP contribution in [0.5, 0.6) is 5.75 Å². The van der Waals surface area contributed by atoms with Crippen LogP contribution < -0.4 is 25.6 Å². The lowest BCUT2D eigenvalue weighted by molar-refractivity contribution is -0.118. The monoisotopic (exact) mass is 565 g/mol. The molecule has 3 amide bonds. The van der Waals surface area contributed by atoms with Gasteiger partial charge in [-0.1, -0.05) is 51.1 Å². The minimum absolute atomic E-state index is 0.0588. The van der Waals surface area contributed by atoms with Crippen LogP contribution in [0.2, 0.25) is 0 Å². The Morgan fingerprint density at radius 2 is 1.64 bits per heavy atom. The van der Waals surface area contributed by atoms with E-state index in [1.54, 1.807) is 6.07 Å². The van der Waals surface area contributed by atoms with Gasteiger partial charge >= 0.3 is 6.03 Å². The Morgan fingerprint density at radius 3 is 2.38 bits per heavy atom. The van der Waals surface area contributed by atoms with Crippen LogP contribution in [0.15, 0.2) is 60.7 Å². The molecule has 4 aromatic rings. The third-order valence-electron chi connectivity index (χ3n) is 7.68. The van der Waals surface area contributed by atoms with Crippen molar-refractivity contribution in [1.82, 2.24) is 4.98 Å². The first kappa shape index (κ1) is 27.5. The van der Waals surface area contributed by atoms with Crippen LogP contribution >= 0.6 is 0 Å². The number of urea groups is 1. The first-order valence-corrected chi connectivity index (χ1v) is 14.2. The van der Waals surface area contributed by atoms with E-state index in [0.29, 0.717) is 36.0 Å². The Kier molecular flexibility index (Phi) is 7.20. The lowest BCUT2D eigenvalue weighted by atomic mass is 9.85. The highest BCUT2D eigenvalue weighted by Gasteiger charge is 2.25. The van der Waals surface area contributed by atoms with Crippen molar-refractivity contribution in [2.45, 2.75) is 33.1 Å². The third kappa shape index (κ3) is 5.47. The Balaban J connectivity index is 1.28. The predicted octanol–water partition coefficient (Wildman–Crippen LogP) is 6.32. The van der Waals surface area contributed by atoms with Gasteiger partial charge in [0.05, 0.1) is 24.6 Å². The van der Waals surface area contributed by atoms with Crippen molar-refractivity contribution in [2.75, 3.05) is 53.8 Å². The molecule has 0 unspecified atom stereocenters. The molecular formula is C33H35N5O4. The van der Waals surface area contributed by atoms with E-state index in [4.69, 9.17) is 14.5 Å². The molecule has 9 nitrogen and oxygen atoms in total. The summed E-state index contributed by atoms with van der Waals surface area (Å²) in [5.74, 6) is 1.29. The summed E-state index contributed by atoms with van der Waals surface area (Å²) in [4.78, 5) is 32.4. The van der Waals surface area contributed by atoms with Gasteiger partial charge in [-0.15, -0.1) is 0 Å². The molecule has 42 heavy (non-hydrogen) atoms. The van der Waals surface area contributed by atoms with Crippen LogP contribution in [-0.4, -0.2) is 49.8 Å². The van der Waals surface area contributed by atoms with Gasteiger partial charge in [-0.3, -0.25) is 4.79 Å². The number of aryl methyl sites for hydroxylation is 1. The average Bonchev–Trinajstić information content (AvgIpc) is 2.97. The number of carbonyl (C=O) groups excluding carboxylic acids is 2. The van der Waals surface area contributed by atoms with Crippen molar-refractivity contribution in [3.63, 3.8) is 0 Å². The van der Waals surface area contributed by atoms with Crippen molar-refractivity contribution in [3.8, 4) is 16.9 Å². The maximum Gasteiger partial charge on any atom is 0.323 e. The summed E-state index contributed by atoms with van der Waals surface area (Å²) in [6.07, 6.45) is 0. The summed E-state index contributed by atoms with van der Waals surface area (Å²) in [6.45, 7) is 11.2. The zero-order valence-corrected chi connectivity index (χ0v) is 24.3. The molecule has 3 heterocycles. The van der Waals surface area contributed by atoms with E-state index < -0.39 is 0 Å². The smallest absolute Gasteiger partial charge is 0.323 e. The lowest BCUT2D eigenvalue weighted by Crippen LogP contribution is -2.36. The Morgan fingerprint density at radius 1 is 0.929 bits per heavy atom. The normalized spacial score (nSPS) is 15.0. The second-order valence-corrected chi connectivity index (χ2v) is 11.7. The largest absolute Gasteiger partial charge is 0.482 e. The molecule has 1 saturated heterocycles. The molecular weight excluding hydrogens is 530 g/mol. The SMILES string of the molecule is Cc1nc(N2CCOCC2)ccc1-c1ccc(NC(=O)Nc2cc3c(cc2C(C)(C)C)NC(=O)CO3)c2ccccc12. The molecule has 0 saturated carbocycles. The zero-order valence-electron chi connectivity index (χ0n) is 24.3. The van der Waals surface area contributed by atoms with Gasteiger partial charge in [0.1, 0.15) is 11.6 Å². The number of ether oxygens (including phenoxy) is 2. The molecule has 216 valence electrons. The van der Waals surface area contributed by atoms with E-state index in [-0.39, 0.29) is 24.0 Å². The number of pyridine rings is 1. The van der Waals surface area contributed by atoms with Gasteiger partial charge in [-0.25, -0.2) is 9.78 Å². The fourth-order valence-corrected chi connectivity index (χ4v) is 5.57. The number of amides is 3. The number of fused-ring (bicyclic) bond motifs is 2. The molecule has 0 aliphatic carbocycles. The van der Waals surface area contributed by atoms with Crippen molar-refractivity contribution in [1.29, 1.82) is 0 Å². The summed E-state index contributed by atoms with van der Waals surface area (Å²) in [5.41, 5.74) is 5.56. The summed E-state index contributed by atoms with van der Waals surface area (Å²) in [7, 11) is 0. The molecule has 2 aliphatic rings. The van der Waals surface area contributed by atoms with E-state index in [9.17, 15) is 9.59 Å². The number of rotatable bonds is 4. The number of aromatic nitrogens is 1. The number of morpholine rings is 1. The minimum atomic E-state index is -0.370. The fraction of sp³-hybridized carbons (Fsp3) is 0.303. The van der Waals surface area contributed by atoms with E-state index in [0.717, 1.165) is 52.1 Å². The second kappa shape index (κ2) is 11.0. The molecule has 3 N–H and O–H groups in total. The van der Waals surface area contributed by atoms with Gasteiger partial charge in [0, 0.05) is 41.5 Å². The molecule has 1 aromatic heterocycles. The van der Waals surface area contributed by atoms with Crippen molar-refractivity contribution < 1.29 is 19.1 Å². The number of anilines is 4. The predicted molar refractivity (Wildman–Crippen MR) is 167 cm³/mol. The highest BCUT2D eigenvalue weighted by atomic mass is 16.5. The molecule has 1 fully saturated rings. The molecule has 3 aromatic carbocycles. The lowest BCUT2D eigenvalue weighted by Gasteiger charge is -2.28. The Bertz CT molecular complexity index is 1690. The maximum absolute atomic E-state index is 13.4. The van der Waals surface area contributed by atoms with Crippen LogP contribution in [0.1, 0.15) is 32.0 Å². The topological polar surface area (TPSA) is 105 Å². The van der Waals surface area contributed by atoms with Crippen LogP contribution in [-0.2, 0) is 14.9 Å². The standard InChI is InChI=1S/C33H35N5O4/c1-20-21(10-12-30(34-20)38-13-15-41-16-14-38)23-9-11-26(24-8-6-5-7-22(23)24)36-32(40)37-27-18-29-28(35-31(39)19-42-29)17-25(27)33(2,3)4/h5-12,17-18H,13-16,19H2,1-4H3,(H,35,39)(H2,36,37,40). The van der Waals surface area contributed by atoms with Crippen molar-refractivity contribution in [3.05, 3.63) is 71.9 Å². The highest BCUT2D eigenvalue weighted by Crippen LogP contribution is 2.40. The van der Waals surface area contributed by atoms with Gasteiger partial charge in [0.15, 0.2) is 6.61 Å². The van der Waals surface area contributed by atoms with Crippen LogP contribution in [0, 0.1) is 6.92 Å². The van der Waals surface area contributed by atoms with Crippen LogP contribution in [0.4, 0.5) is 27.7 Å². The maximum atomic E-state index is 13.4. The number of carbonyl (C=O) groups is 2. The van der Waals surface area contributed by atoms with Gasteiger partial charge in [0.25, 0.3) is 5.91 Å². The third-order valence-corrected chi connectivity index (χ3v) is 7.68. The van der Waals surface area contributed by atoms with Crippen LogP contribution in [0.3, 0.4) is 0 Å². The number of hydrogen-bond donors (Lipinski definition) is 3. The van der Waals surface area contributed by atoms with E-state index in [1.165, 1.54) is 0 Å². The van der Waals surface area contributed by atoms with E-state index in [1.807, 2.05) is 43.3 Å². The average molecular weight is 566 g/mol. The number of benzene rings is 3. The van der Waals surface area contributed by atoms with Gasteiger partial charge in [-0.2, -0.15) is 0 Å². The summed E-state index contributed by atoms with van der Waals surface area (Å²) < 4.78 is 11.1. The summed E-state index contributed by atoms with van der Waals surface area (Å²) in [5, 5.41) is 10.9. The van der Waals surface area contributed by atoms with Gasteiger partial charge in [-0.05, 0) is 53.1 Å². The zero-order chi connectivity index (χ0) is 29.4.